The van der Waals surface area contributed by atoms with E-state index < -0.39 is 36.0 Å². The van der Waals surface area contributed by atoms with E-state index >= 15 is 0 Å². The van der Waals surface area contributed by atoms with Gasteiger partial charge in [0.05, 0.1) is 23.0 Å². The fraction of sp³-hybridized carbons (Fsp3) is 0.471. The Balaban J connectivity index is 2.35. The van der Waals surface area contributed by atoms with Crippen LogP contribution in [0.5, 0.6) is 0 Å². The van der Waals surface area contributed by atoms with E-state index in [4.69, 9.17) is 5.11 Å². The second kappa shape index (κ2) is 7.35. The molecule has 0 aliphatic carbocycles. The van der Waals surface area contributed by atoms with Gasteiger partial charge in [0.25, 0.3) is 0 Å². The maximum atomic E-state index is 13.3. The van der Waals surface area contributed by atoms with Crippen molar-refractivity contribution < 1.29 is 27.9 Å². The van der Waals surface area contributed by atoms with E-state index in [1.54, 1.807) is 26.0 Å². The lowest BCUT2D eigenvalue weighted by Gasteiger charge is -2.31. The smallest absolute Gasteiger partial charge is 0.449 e. The van der Waals surface area contributed by atoms with Gasteiger partial charge in [-0.05, 0) is 25.0 Å². The number of nitrogens with zero attached hydrogens (tertiary/aromatic N) is 2. The van der Waals surface area contributed by atoms with E-state index in [0.717, 1.165) is 4.57 Å². The minimum atomic E-state index is -4.72. The molecule has 2 N–H and O–H groups in total. The topological polar surface area (TPSA) is 84.2 Å². The number of fused-ring (bicyclic) bond motifs is 1. The van der Waals surface area contributed by atoms with Crippen molar-refractivity contribution in [3.8, 4) is 0 Å². The van der Waals surface area contributed by atoms with Gasteiger partial charge in [-0.15, -0.1) is 0 Å². The molecule has 0 bridgehead atoms. The van der Waals surface area contributed by atoms with Crippen molar-refractivity contribution in [1.29, 1.82) is 0 Å². The maximum Gasteiger partial charge on any atom is 0.449 e. The average Bonchev–Trinajstić information content (AvgIpc) is 2.92. The van der Waals surface area contributed by atoms with Gasteiger partial charge in [-0.1, -0.05) is 26.0 Å². The number of carbonyl (C=O) groups is 2. The van der Waals surface area contributed by atoms with E-state index in [2.05, 4.69) is 10.3 Å². The second-order valence-corrected chi connectivity index (χ2v) is 6.11. The molecular formula is C17H20F3N3O3. The number of hydrogen-bond acceptors (Lipinski definition) is 3. The first-order chi connectivity index (χ1) is 12.1. The van der Waals surface area contributed by atoms with Crippen LogP contribution in [-0.2, 0) is 22.3 Å². The molecule has 6 nitrogen and oxygen atoms in total. The van der Waals surface area contributed by atoms with Crippen LogP contribution in [-0.4, -0.2) is 32.1 Å². The first-order valence-corrected chi connectivity index (χ1v) is 8.17. The molecule has 0 spiro atoms. The molecule has 1 heterocycles. The minimum absolute atomic E-state index is 0.135. The lowest BCUT2D eigenvalue weighted by atomic mass is 9.89. The summed E-state index contributed by atoms with van der Waals surface area (Å²) in [6.07, 6.45) is -4.33. The molecule has 1 aromatic carbocycles. The molecule has 0 atom stereocenters. The van der Waals surface area contributed by atoms with Crippen molar-refractivity contribution >= 4 is 22.9 Å². The second-order valence-electron chi connectivity index (χ2n) is 6.11. The van der Waals surface area contributed by atoms with Crippen LogP contribution in [0.1, 0.15) is 38.9 Å². The standard InChI is InChI=1S/C17H20F3N3O3/c1-3-16(4-2,9-14(25)26)22-13(24)10-23-12-8-6-5-7-11(12)21-15(23)17(18,19)20/h5-8H,3-4,9-10H2,1-2H3,(H,22,24)(H,25,26). The van der Waals surface area contributed by atoms with E-state index in [9.17, 15) is 22.8 Å². The zero-order chi connectivity index (χ0) is 19.5. The number of halogens is 3. The monoisotopic (exact) mass is 371 g/mol. The maximum absolute atomic E-state index is 13.3. The molecule has 0 fully saturated rings. The number of carbonyl (C=O) groups excluding carboxylic acids is 1. The number of hydrogen-bond donors (Lipinski definition) is 2. The van der Waals surface area contributed by atoms with Crippen LogP contribution in [0.3, 0.4) is 0 Å². The van der Waals surface area contributed by atoms with Crippen molar-refractivity contribution in [2.24, 2.45) is 0 Å². The first-order valence-electron chi connectivity index (χ1n) is 8.17. The van der Waals surface area contributed by atoms with Gasteiger partial charge in [-0.2, -0.15) is 13.2 Å². The molecule has 142 valence electrons. The summed E-state index contributed by atoms with van der Waals surface area (Å²) in [6, 6.07) is 6.01. The summed E-state index contributed by atoms with van der Waals surface area (Å²) in [7, 11) is 0. The van der Waals surface area contributed by atoms with E-state index in [0.29, 0.717) is 12.8 Å². The average molecular weight is 371 g/mol. The third-order valence-corrected chi connectivity index (χ3v) is 4.46. The number of imidazole rings is 1. The molecule has 2 aromatic rings. The zero-order valence-corrected chi connectivity index (χ0v) is 14.4. The van der Waals surface area contributed by atoms with Crippen LogP contribution in [0.15, 0.2) is 24.3 Å². The molecule has 0 radical (unpaired) electrons. The van der Waals surface area contributed by atoms with Crippen molar-refractivity contribution in [3.05, 3.63) is 30.1 Å². The fourth-order valence-electron chi connectivity index (χ4n) is 2.94. The Kier molecular flexibility index (Phi) is 5.58. The van der Waals surface area contributed by atoms with Gasteiger partial charge in [0.2, 0.25) is 11.7 Å². The third kappa shape index (κ3) is 4.14. The van der Waals surface area contributed by atoms with E-state index in [-0.39, 0.29) is 17.5 Å². The minimum Gasteiger partial charge on any atom is -0.481 e. The number of amides is 1. The molecule has 0 aliphatic heterocycles. The summed E-state index contributed by atoms with van der Waals surface area (Å²) in [5, 5.41) is 11.7. The predicted octanol–water partition coefficient (Wildman–Crippen LogP) is 3.20. The number of aliphatic carboxylic acids is 1. The summed E-state index contributed by atoms with van der Waals surface area (Å²) >= 11 is 0. The van der Waals surface area contributed by atoms with Crippen LogP contribution >= 0.6 is 0 Å². The molecule has 9 heteroatoms. The van der Waals surface area contributed by atoms with Crippen molar-refractivity contribution in [3.63, 3.8) is 0 Å². The molecule has 26 heavy (non-hydrogen) atoms. The lowest BCUT2D eigenvalue weighted by Crippen LogP contribution is -2.50. The summed E-state index contributed by atoms with van der Waals surface area (Å²) in [5.41, 5.74) is -0.681. The Morgan fingerprint density at radius 3 is 2.35 bits per heavy atom. The van der Waals surface area contributed by atoms with Crippen LogP contribution in [0.2, 0.25) is 0 Å². The summed E-state index contributed by atoms with van der Waals surface area (Å²) in [5.74, 6) is -2.94. The van der Waals surface area contributed by atoms with Gasteiger partial charge in [0.1, 0.15) is 6.54 Å². The Bertz CT molecular complexity index is 810. The number of para-hydroxylation sites is 2. The van der Waals surface area contributed by atoms with Crippen LogP contribution in [0, 0.1) is 0 Å². The van der Waals surface area contributed by atoms with Gasteiger partial charge in [0, 0.05) is 0 Å². The van der Waals surface area contributed by atoms with Gasteiger partial charge in [-0.25, -0.2) is 4.98 Å². The van der Waals surface area contributed by atoms with Crippen molar-refractivity contribution in [2.45, 2.75) is 51.4 Å². The van der Waals surface area contributed by atoms with Gasteiger partial charge in [-0.3, -0.25) is 9.59 Å². The number of alkyl halides is 3. The molecule has 1 aromatic heterocycles. The van der Waals surface area contributed by atoms with Crippen molar-refractivity contribution in [1.82, 2.24) is 14.9 Å². The fourth-order valence-corrected chi connectivity index (χ4v) is 2.94. The number of nitrogens with one attached hydrogen (secondary N) is 1. The number of aromatic nitrogens is 2. The molecule has 0 aliphatic rings. The zero-order valence-electron chi connectivity index (χ0n) is 14.4. The molecule has 0 saturated carbocycles. The lowest BCUT2D eigenvalue weighted by molar-refractivity contribution is -0.147. The molecule has 0 unspecified atom stereocenters. The number of carboxylic acid groups (broad SMARTS) is 1. The van der Waals surface area contributed by atoms with Crippen LogP contribution < -0.4 is 5.32 Å². The SMILES string of the molecule is CCC(CC)(CC(=O)O)NC(=O)Cn1c(C(F)(F)F)nc2ccccc21. The van der Waals surface area contributed by atoms with Gasteiger partial charge < -0.3 is 15.0 Å². The number of rotatable bonds is 7. The molecule has 1 amide bonds. The summed E-state index contributed by atoms with van der Waals surface area (Å²) < 4.78 is 40.7. The van der Waals surface area contributed by atoms with Crippen molar-refractivity contribution in [2.75, 3.05) is 0 Å². The predicted molar refractivity (Wildman–Crippen MR) is 88.4 cm³/mol. The quantitative estimate of drug-likeness (QED) is 0.783. The highest BCUT2D eigenvalue weighted by atomic mass is 19.4. The highest BCUT2D eigenvalue weighted by Crippen LogP contribution is 2.31. The molecular weight excluding hydrogens is 351 g/mol. The third-order valence-electron chi connectivity index (χ3n) is 4.46. The first kappa shape index (κ1) is 19.7. The summed E-state index contributed by atoms with van der Waals surface area (Å²) in [4.78, 5) is 27.1. The van der Waals surface area contributed by atoms with Gasteiger partial charge in [0.15, 0.2) is 0 Å². The molecule has 0 saturated heterocycles. The Morgan fingerprint density at radius 2 is 1.81 bits per heavy atom. The van der Waals surface area contributed by atoms with Gasteiger partial charge >= 0.3 is 12.1 Å². The highest BCUT2D eigenvalue weighted by molar-refractivity contribution is 5.82. The number of carboxylic acids is 1. The van der Waals surface area contributed by atoms with Crippen LogP contribution in [0.25, 0.3) is 11.0 Å². The Labute approximate surface area is 148 Å². The highest BCUT2D eigenvalue weighted by Gasteiger charge is 2.38. The van der Waals surface area contributed by atoms with E-state index in [1.165, 1.54) is 12.1 Å². The van der Waals surface area contributed by atoms with E-state index in [1.807, 2.05) is 0 Å². The largest absolute Gasteiger partial charge is 0.481 e. The Morgan fingerprint density at radius 1 is 1.19 bits per heavy atom. The molecule has 2 rings (SSSR count). The normalized spacial score (nSPS) is 12.3. The Hall–Kier alpha value is -2.58. The summed E-state index contributed by atoms with van der Waals surface area (Å²) in [6.45, 7) is 2.84. The van der Waals surface area contributed by atoms with Crippen LogP contribution in [0.4, 0.5) is 13.2 Å². The number of benzene rings is 1.